The summed E-state index contributed by atoms with van der Waals surface area (Å²) in [5, 5.41) is 0. The third-order valence-electron chi connectivity index (χ3n) is 2.77. The Hall–Kier alpha value is -0.370. The zero-order chi connectivity index (χ0) is 8.86. The lowest BCUT2D eigenvalue weighted by molar-refractivity contribution is -0.122. The molecule has 0 aromatic heterocycles. The molecule has 0 bridgehead atoms. The Kier molecular flexibility index (Phi) is 3.73. The van der Waals surface area contributed by atoms with Gasteiger partial charge in [0.05, 0.1) is 0 Å². The number of unbranched alkanes of at least 4 members (excludes halogenated alkanes) is 1. The van der Waals surface area contributed by atoms with Gasteiger partial charge in [-0.25, -0.2) is 0 Å². The Balaban J connectivity index is 2.42. The van der Waals surface area contributed by atoms with Gasteiger partial charge in [0.25, 0.3) is 0 Å². The maximum absolute atomic E-state index is 10.9. The van der Waals surface area contributed by atoms with Gasteiger partial charge in [0, 0.05) is 18.6 Å². The van der Waals surface area contributed by atoms with E-state index in [0.717, 1.165) is 38.8 Å². The number of carbonyl (C=O) groups excluding carboxylic acids is 1. The van der Waals surface area contributed by atoms with E-state index in [1.54, 1.807) is 0 Å². The van der Waals surface area contributed by atoms with Gasteiger partial charge in [-0.05, 0) is 19.3 Å². The van der Waals surface area contributed by atoms with E-state index >= 15 is 0 Å². The standard InChI is InChI=1S/C10H18O2/c1-2-3-4-10(9-11)5-7-12-8-6-10/h9H,2-8H2,1H3. The van der Waals surface area contributed by atoms with Crippen LogP contribution in [0.3, 0.4) is 0 Å². The molecule has 1 saturated heterocycles. The quantitative estimate of drug-likeness (QED) is 0.604. The fourth-order valence-corrected chi connectivity index (χ4v) is 1.73. The molecule has 2 nitrogen and oxygen atoms in total. The molecule has 0 aromatic rings. The first-order valence-electron chi connectivity index (χ1n) is 4.87. The van der Waals surface area contributed by atoms with E-state index in [1.165, 1.54) is 12.8 Å². The second-order valence-corrected chi connectivity index (χ2v) is 3.70. The fraction of sp³-hybridized carbons (Fsp3) is 0.900. The molecule has 0 amide bonds. The Bertz CT molecular complexity index is 137. The maximum atomic E-state index is 10.9. The highest BCUT2D eigenvalue weighted by Gasteiger charge is 2.31. The summed E-state index contributed by atoms with van der Waals surface area (Å²) in [7, 11) is 0. The van der Waals surface area contributed by atoms with E-state index < -0.39 is 0 Å². The second-order valence-electron chi connectivity index (χ2n) is 3.70. The summed E-state index contributed by atoms with van der Waals surface area (Å²) < 4.78 is 5.25. The number of aldehydes is 1. The molecule has 0 saturated carbocycles. The molecule has 1 aliphatic rings. The molecule has 2 heteroatoms. The van der Waals surface area contributed by atoms with Crippen LogP contribution < -0.4 is 0 Å². The van der Waals surface area contributed by atoms with Crippen molar-refractivity contribution in [3.8, 4) is 0 Å². The lowest BCUT2D eigenvalue weighted by Crippen LogP contribution is -2.30. The van der Waals surface area contributed by atoms with Crippen LogP contribution in [0.4, 0.5) is 0 Å². The van der Waals surface area contributed by atoms with Crippen molar-refractivity contribution in [1.82, 2.24) is 0 Å². The molecular weight excluding hydrogens is 152 g/mol. The van der Waals surface area contributed by atoms with Crippen LogP contribution in [-0.4, -0.2) is 19.5 Å². The zero-order valence-electron chi connectivity index (χ0n) is 7.84. The van der Waals surface area contributed by atoms with Crippen LogP contribution >= 0.6 is 0 Å². The van der Waals surface area contributed by atoms with Crippen molar-refractivity contribution >= 4 is 6.29 Å². The van der Waals surface area contributed by atoms with Gasteiger partial charge in [-0.2, -0.15) is 0 Å². The normalized spacial score (nSPS) is 22.1. The SMILES string of the molecule is CCCCC1(C=O)CCOCC1. The van der Waals surface area contributed by atoms with E-state index in [4.69, 9.17) is 4.74 Å². The Labute approximate surface area is 74.3 Å². The van der Waals surface area contributed by atoms with Crippen molar-refractivity contribution in [3.63, 3.8) is 0 Å². The smallest absolute Gasteiger partial charge is 0.126 e. The number of hydrogen-bond donors (Lipinski definition) is 0. The number of ether oxygens (including phenoxy) is 1. The predicted octanol–water partition coefficient (Wildman–Crippen LogP) is 2.17. The molecule has 0 N–H and O–H groups in total. The lowest BCUT2D eigenvalue weighted by Gasteiger charge is -2.31. The molecule has 12 heavy (non-hydrogen) atoms. The maximum Gasteiger partial charge on any atom is 0.126 e. The topological polar surface area (TPSA) is 26.3 Å². The lowest BCUT2D eigenvalue weighted by atomic mass is 9.77. The first-order valence-corrected chi connectivity index (χ1v) is 4.87. The summed E-state index contributed by atoms with van der Waals surface area (Å²) in [5.74, 6) is 0. The van der Waals surface area contributed by atoms with Crippen LogP contribution in [-0.2, 0) is 9.53 Å². The monoisotopic (exact) mass is 170 g/mol. The van der Waals surface area contributed by atoms with Crippen LogP contribution in [0.15, 0.2) is 0 Å². The van der Waals surface area contributed by atoms with E-state index in [-0.39, 0.29) is 5.41 Å². The summed E-state index contributed by atoms with van der Waals surface area (Å²) in [6.07, 6.45) is 6.41. The average Bonchev–Trinajstić information content (AvgIpc) is 2.16. The Morgan fingerprint density at radius 3 is 2.58 bits per heavy atom. The molecule has 0 spiro atoms. The molecule has 1 rings (SSSR count). The molecular formula is C10H18O2. The first kappa shape index (κ1) is 9.72. The Morgan fingerprint density at radius 2 is 2.08 bits per heavy atom. The number of hydrogen-bond acceptors (Lipinski definition) is 2. The van der Waals surface area contributed by atoms with Gasteiger partial charge < -0.3 is 9.53 Å². The molecule has 0 aliphatic carbocycles. The summed E-state index contributed by atoms with van der Waals surface area (Å²) in [4.78, 5) is 10.9. The minimum Gasteiger partial charge on any atom is -0.381 e. The fourth-order valence-electron chi connectivity index (χ4n) is 1.73. The van der Waals surface area contributed by atoms with Crippen LogP contribution in [0, 0.1) is 5.41 Å². The van der Waals surface area contributed by atoms with Gasteiger partial charge in [0.15, 0.2) is 0 Å². The van der Waals surface area contributed by atoms with E-state index in [0.29, 0.717) is 0 Å². The predicted molar refractivity (Wildman–Crippen MR) is 48.1 cm³/mol. The molecule has 1 heterocycles. The van der Waals surface area contributed by atoms with Crippen molar-refractivity contribution in [3.05, 3.63) is 0 Å². The highest BCUT2D eigenvalue weighted by atomic mass is 16.5. The van der Waals surface area contributed by atoms with Gasteiger partial charge in [-0.1, -0.05) is 19.8 Å². The van der Waals surface area contributed by atoms with Gasteiger partial charge >= 0.3 is 0 Å². The number of carbonyl (C=O) groups is 1. The van der Waals surface area contributed by atoms with E-state index in [9.17, 15) is 4.79 Å². The second kappa shape index (κ2) is 4.61. The van der Waals surface area contributed by atoms with Crippen molar-refractivity contribution in [1.29, 1.82) is 0 Å². The van der Waals surface area contributed by atoms with E-state index in [1.807, 2.05) is 0 Å². The molecule has 1 fully saturated rings. The summed E-state index contributed by atoms with van der Waals surface area (Å²) in [6, 6.07) is 0. The van der Waals surface area contributed by atoms with E-state index in [2.05, 4.69) is 6.92 Å². The molecule has 0 unspecified atom stereocenters. The van der Waals surface area contributed by atoms with Crippen molar-refractivity contribution in [2.45, 2.75) is 39.0 Å². The largest absolute Gasteiger partial charge is 0.381 e. The van der Waals surface area contributed by atoms with Gasteiger partial charge in [0.2, 0.25) is 0 Å². The third kappa shape index (κ3) is 2.31. The summed E-state index contributed by atoms with van der Waals surface area (Å²) >= 11 is 0. The zero-order valence-corrected chi connectivity index (χ0v) is 7.84. The summed E-state index contributed by atoms with van der Waals surface area (Å²) in [5.41, 5.74) is -0.0335. The van der Waals surface area contributed by atoms with Crippen LogP contribution in [0.1, 0.15) is 39.0 Å². The third-order valence-corrected chi connectivity index (χ3v) is 2.77. The van der Waals surface area contributed by atoms with Gasteiger partial charge in [-0.15, -0.1) is 0 Å². The van der Waals surface area contributed by atoms with Crippen molar-refractivity contribution < 1.29 is 9.53 Å². The highest BCUT2D eigenvalue weighted by Crippen LogP contribution is 2.33. The molecule has 0 radical (unpaired) electrons. The highest BCUT2D eigenvalue weighted by molar-refractivity contribution is 5.59. The minimum absolute atomic E-state index is 0.0335. The van der Waals surface area contributed by atoms with Crippen LogP contribution in [0.25, 0.3) is 0 Å². The average molecular weight is 170 g/mol. The first-order chi connectivity index (χ1) is 5.83. The van der Waals surface area contributed by atoms with Crippen LogP contribution in [0.2, 0.25) is 0 Å². The molecule has 0 atom stereocenters. The van der Waals surface area contributed by atoms with Gasteiger partial charge in [-0.3, -0.25) is 0 Å². The Morgan fingerprint density at radius 1 is 1.42 bits per heavy atom. The molecule has 1 aliphatic heterocycles. The van der Waals surface area contributed by atoms with Crippen molar-refractivity contribution in [2.75, 3.05) is 13.2 Å². The number of rotatable bonds is 4. The molecule has 0 aromatic carbocycles. The molecule has 70 valence electrons. The van der Waals surface area contributed by atoms with Crippen molar-refractivity contribution in [2.24, 2.45) is 5.41 Å². The minimum atomic E-state index is -0.0335. The van der Waals surface area contributed by atoms with Gasteiger partial charge in [0.1, 0.15) is 6.29 Å². The summed E-state index contributed by atoms with van der Waals surface area (Å²) in [6.45, 7) is 3.70. The van der Waals surface area contributed by atoms with Crippen LogP contribution in [0.5, 0.6) is 0 Å².